The number of anilines is 4. The van der Waals surface area contributed by atoms with Gasteiger partial charge in [0, 0.05) is 5.69 Å². The van der Waals surface area contributed by atoms with E-state index in [9.17, 15) is 0 Å². The highest BCUT2D eigenvalue weighted by Crippen LogP contribution is 2.42. The minimum atomic E-state index is 0.407. The Bertz CT molecular complexity index is 1130. The highest BCUT2D eigenvalue weighted by atomic mass is 32.1. The molecule has 2 N–H and O–H groups in total. The highest BCUT2D eigenvalue weighted by molar-refractivity contribution is 7.22. The number of fused-ring (bicyclic) bond motifs is 1. The number of aromatic nitrogens is 3. The van der Waals surface area contributed by atoms with Crippen LogP contribution in [0.25, 0.3) is 10.3 Å². The van der Waals surface area contributed by atoms with E-state index in [1.165, 1.54) is 39.9 Å². The third kappa shape index (κ3) is 3.02. The van der Waals surface area contributed by atoms with Gasteiger partial charge in [-0.2, -0.15) is 0 Å². The van der Waals surface area contributed by atoms with E-state index >= 15 is 0 Å². The van der Waals surface area contributed by atoms with Crippen molar-refractivity contribution in [2.45, 2.75) is 27.7 Å². The first-order valence-corrected chi connectivity index (χ1v) is 9.58. The molecule has 0 spiro atoms. The Labute approximate surface area is 162 Å². The van der Waals surface area contributed by atoms with E-state index in [0.717, 1.165) is 21.3 Å². The van der Waals surface area contributed by atoms with Gasteiger partial charge in [-0.05, 0) is 62.1 Å². The molecule has 4 aromatic rings. The van der Waals surface area contributed by atoms with Crippen molar-refractivity contribution in [3.05, 3.63) is 65.0 Å². The molecule has 0 bridgehead atoms. The van der Waals surface area contributed by atoms with Crippen molar-refractivity contribution >= 4 is 44.0 Å². The van der Waals surface area contributed by atoms with Gasteiger partial charge in [-0.25, -0.2) is 15.0 Å². The first-order valence-electron chi connectivity index (χ1n) is 8.76. The molecule has 4 rings (SSSR count). The molecule has 5 nitrogen and oxygen atoms in total. The van der Waals surface area contributed by atoms with Crippen molar-refractivity contribution in [2.24, 2.45) is 0 Å². The molecule has 27 heavy (non-hydrogen) atoms. The van der Waals surface area contributed by atoms with Gasteiger partial charge < -0.3 is 5.73 Å². The van der Waals surface area contributed by atoms with E-state index < -0.39 is 0 Å². The highest BCUT2D eigenvalue weighted by Gasteiger charge is 2.21. The van der Waals surface area contributed by atoms with Gasteiger partial charge >= 0.3 is 0 Å². The van der Waals surface area contributed by atoms with Crippen molar-refractivity contribution < 1.29 is 0 Å². The van der Waals surface area contributed by atoms with Crippen molar-refractivity contribution in [2.75, 3.05) is 10.6 Å². The lowest BCUT2D eigenvalue weighted by molar-refractivity contribution is 1.18. The number of thiazole rings is 1. The molecule has 0 aliphatic heterocycles. The van der Waals surface area contributed by atoms with Crippen LogP contribution in [0.4, 0.5) is 22.3 Å². The van der Waals surface area contributed by atoms with E-state index in [1.807, 2.05) is 0 Å². The fourth-order valence-corrected chi connectivity index (χ4v) is 4.16. The van der Waals surface area contributed by atoms with Crippen LogP contribution < -0.4 is 10.6 Å². The number of para-hydroxylation sites is 1. The summed E-state index contributed by atoms with van der Waals surface area (Å²) in [5.41, 5.74) is 13.8. The summed E-state index contributed by atoms with van der Waals surface area (Å²) in [4.78, 5) is 16.2. The molecular formula is C21H21N5S. The molecule has 6 heteroatoms. The average Bonchev–Trinajstić information content (AvgIpc) is 3.06. The Kier molecular flexibility index (Phi) is 4.28. The van der Waals surface area contributed by atoms with Crippen LogP contribution in [-0.2, 0) is 0 Å². The predicted molar refractivity (Wildman–Crippen MR) is 113 cm³/mol. The number of hydrogen-bond acceptors (Lipinski definition) is 6. The van der Waals surface area contributed by atoms with Crippen LogP contribution in [-0.4, -0.2) is 15.0 Å². The number of nitrogen functional groups attached to an aromatic ring is 1. The van der Waals surface area contributed by atoms with Crippen LogP contribution in [0, 0.1) is 27.7 Å². The largest absolute Gasteiger partial charge is 0.382 e. The molecule has 0 amide bonds. The van der Waals surface area contributed by atoms with E-state index in [1.54, 1.807) is 0 Å². The van der Waals surface area contributed by atoms with Gasteiger partial charge in [-0.1, -0.05) is 35.6 Å². The number of benzene rings is 2. The Morgan fingerprint density at radius 1 is 0.889 bits per heavy atom. The quantitative estimate of drug-likeness (QED) is 0.521. The summed E-state index contributed by atoms with van der Waals surface area (Å²) in [6, 6.07) is 12.8. The molecule has 0 aliphatic carbocycles. The molecular weight excluding hydrogens is 354 g/mol. The number of hydrogen-bond donors (Lipinski definition) is 1. The number of rotatable bonds is 3. The van der Waals surface area contributed by atoms with Crippen LogP contribution in [0.1, 0.15) is 22.3 Å². The van der Waals surface area contributed by atoms with Gasteiger partial charge in [0.2, 0.25) is 0 Å². The maximum atomic E-state index is 6.03. The smallest absolute Gasteiger partial charge is 0.197 e. The Hall–Kier alpha value is -2.99. The summed E-state index contributed by atoms with van der Waals surface area (Å²) in [6.07, 6.45) is 1.49. The molecule has 2 heterocycles. The van der Waals surface area contributed by atoms with Gasteiger partial charge in [0.15, 0.2) is 15.8 Å². The lowest BCUT2D eigenvalue weighted by Crippen LogP contribution is -2.13. The number of nitrogens with zero attached hydrogens (tertiary/aromatic N) is 4. The zero-order valence-electron chi connectivity index (χ0n) is 15.8. The van der Waals surface area contributed by atoms with Gasteiger partial charge in [0.1, 0.15) is 11.8 Å². The number of nitrogens with two attached hydrogens (primary N) is 1. The van der Waals surface area contributed by atoms with Crippen LogP contribution in [0.15, 0.2) is 42.7 Å². The second-order valence-electron chi connectivity index (χ2n) is 6.75. The minimum absolute atomic E-state index is 0.407. The average molecular weight is 376 g/mol. The van der Waals surface area contributed by atoms with Gasteiger partial charge in [0.25, 0.3) is 0 Å². The monoisotopic (exact) mass is 375 g/mol. The first-order chi connectivity index (χ1) is 13.0. The zero-order valence-corrected chi connectivity index (χ0v) is 16.6. The summed E-state index contributed by atoms with van der Waals surface area (Å²) in [6.45, 7) is 8.50. The molecule has 2 aromatic carbocycles. The van der Waals surface area contributed by atoms with E-state index in [4.69, 9.17) is 10.7 Å². The standard InChI is InChI=1S/C21H21N5S/c1-12-8-9-16(10-15(12)4)26(18-13(2)6-5-7-14(18)3)21-25-17-19(22)23-11-24-20(17)27-21/h5-11H,1-4H3,(H2,22,23,24). The normalized spacial score (nSPS) is 11.1. The van der Waals surface area contributed by atoms with Crippen molar-refractivity contribution in [3.8, 4) is 0 Å². The maximum absolute atomic E-state index is 6.03. The Morgan fingerprint density at radius 3 is 2.30 bits per heavy atom. The fourth-order valence-electron chi connectivity index (χ4n) is 3.21. The van der Waals surface area contributed by atoms with Crippen LogP contribution >= 0.6 is 11.3 Å². The topological polar surface area (TPSA) is 67.9 Å². The van der Waals surface area contributed by atoms with Crippen molar-refractivity contribution in [1.29, 1.82) is 0 Å². The second-order valence-corrected chi connectivity index (χ2v) is 7.71. The molecule has 0 aliphatic rings. The molecule has 2 aromatic heterocycles. The van der Waals surface area contributed by atoms with E-state index in [2.05, 4.69) is 79.0 Å². The molecule has 0 saturated heterocycles. The fraction of sp³-hybridized carbons (Fsp3) is 0.190. The predicted octanol–water partition coefficient (Wildman–Crippen LogP) is 5.37. The van der Waals surface area contributed by atoms with Crippen LogP contribution in [0.3, 0.4) is 0 Å². The first kappa shape index (κ1) is 17.4. The molecule has 0 saturated carbocycles. The van der Waals surface area contributed by atoms with Crippen molar-refractivity contribution in [1.82, 2.24) is 15.0 Å². The SMILES string of the molecule is Cc1ccc(N(c2nc3c(N)ncnc3s2)c2c(C)cccc2C)cc1C. The zero-order chi connectivity index (χ0) is 19.1. The molecule has 0 radical (unpaired) electrons. The minimum Gasteiger partial charge on any atom is -0.382 e. The third-order valence-electron chi connectivity index (χ3n) is 4.82. The molecule has 136 valence electrons. The summed E-state index contributed by atoms with van der Waals surface area (Å²) < 4.78 is 0. The van der Waals surface area contributed by atoms with Crippen LogP contribution in [0.2, 0.25) is 0 Å². The summed E-state index contributed by atoms with van der Waals surface area (Å²) >= 11 is 1.52. The number of aryl methyl sites for hydroxylation is 4. The Morgan fingerprint density at radius 2 is 1.63 bits per heavy atom. The maximum Gasteiger partial charge on any atom is 0.197 e. The third-order valence-corrected chi connectivity index (χ3v) is 5.76. The van der Waals surface area contributed by atoms with Gasteiger partial charge in [-0.3, -0.25) is 4.90 Å². The Balaban J connectivity index is 2.00. The molecule has 0 atom stereocenters. The summed E-state index contributed by atoms with van der Waals surface area (Å²) in [5.74, 6) is 0.407. The second kappa shape index (κ2) is 6.63. The van der Waals surface area contributed by atoms with E-state index in [0.29, 0.717) is 11.3 Å². The lowest BCUT2D eigenvalue weighted by atomic mass is 10.1. The van der Waals surface area contributed by atoms with Gasteiger partial charge in [-0.15, -0.1) is 0 Å². The molecule has 0 fully saturated rings. The molecule has 0 unspecified atom stereocenters. The van der Waals surface area contributed by atoms with E-state index in [-0.39, 0.29) is 0 Å². The lowest BCUT2D eigenvalue weighted by Gasteiger charge is -2.26. The van der Waals surface area contributed by atoms with Crippen molar-refractivity contribution in [3.63, 3.8) is 0 Å². The summed E-state index contributed by atoms with van der Waals surface area (Å²) in [7, 11) is 0. The summed E-state index contributed by atoms with van der Waals surface area (Å²) in [5, 5.41) is 0.831. The van der Waals surface area contributed by atoms with Gasteiger partial charge in [0.05, 0.1) is 5.69 Å². The van der Waals surface area contributed by atoms with Crippen LogP contribution in [0.5, 0.6) is 0 Å².